The fourth-order valence-corrected chi connectivity index (χ4v) is 1.47. The summed E-state index contributed by atoms with van der Waals surface area (Å²) in [5.74, 6) is -2.60. The van der Waals surface area contributed by atoms with Crippen LogP contribution >= 0.6 is 0 Å². The van der Waals surface area contributed by atoms with E-state index in [1.807, 2.05) is 0 Å². The third-order valence-electron chi connectivity index (χ3n) is 2.73. The van der Waals surface area contributed by atoms with Crippen molar-refractivity contribution in [1.29, 1.82) is 0 Å². The first-order valence-corrected chi connectivity index (χ1v) is 6.65. The van der Waals surface area contributed by atoms with Crippen LogP contribution in [0, 0.1) is 5.92 Å². The SMILES string of the molecule is CC(C)C(=O)OC[n+]1cccc(C(=O)NC(CO)C(=O)O)c1. The lowest BCUT2D eigenvalue weighted by Crippen LogP contribution is -2.44. The van der Waals surface area contributed by atoms with Crippen molar-refractivity contribution in [3.05, 3.63) is 30.1 Å². The third-order valence-corrected chi connectivity index (χ3v) is 2.73. The summed E-state index contributed by atoms with van der Waals surface area (Å²) in [7, 11) is 0. The average Bonchev–Trinajstić information content (AvgIpc) is 2.49. The summed E-state index contributed by atoms with van der Waals surface area (Å²) in [4.78, 5) is 34.1. The number of hydrogen-bond acceptors (Lipinski definition) is 5. The summed E-state index contributed by atoms with van der Waals surface area (Å²) in [6, 6.07) is 1.67. The molecule has 22 heavy (non-hydrogen) atoms. The third kappa shape index (κ3) is 5.13. The molecule has 0 fully saturated rings. The number of aliphatic carboxylic acids is 1. The van der Waals surface area contributed by atoms with Gasteiger partial charge in [0, 0.05) is 6.07 Å². The van der Waals surface area contributed by atoms with Crippen LogP contribution in [0.3, 0.4) is 0 Å². The Labute approximate surface area is 127 Å². The summed E-state index contributed by atoms with van der Waals surface area (Å²) < 4.78 is 6.50. The molecule has 120 valence electrons. The first kappa shape index (κ1) is 17.6. The highest BCUT2D eigenvalue weighted by atomic mass is 16.5. The quantitative estimate of drug-likeness (QED) is 0.453. The number of carbonyl (C=O) groups is 3. The standard InChI is InChI=1S/C14H18N2O6/c1-9(2)14(21)22-8-16-5-3-4-10(6-16)12(18)15-11(7-17)13(19)20/h3-6,9,11,17H,7-8H2,1-2H3,(H-,15,18,19,20)/p+1. The number of aliphatic hydroxyl groups is 1. The van der Waals surface area contributed by atoms with Gasteiger partial charge in [0.15, 0.2) is 18.4 Å². The fourth-order valence-electron chi connectivity index (χ4n) is 1.47. The van der Waals surface area contributed by atoms with Crippen LogP contribution < -0.4 is 9.88 Å². The highest BCUT2D eigenvalue weighted by Gasteiger charge is 2.21. The van der Waals surface area contributed by atoms with E-state index in [1.54, 1.807) is 26.1 Å². The van der Waals surface area contributed by atoms with Crippen molar-refractivity contribution in [2.75, 3.05) is 6.61 Å². The minimum atomic E-state index is -1.38. The second kappa shape index (κ2) is 8.08. The van der Waals surface area contributed by atoms with Gasteiger partial charge in [0.2, 0.25) is 0 Å². The monoisotopic (exact) mass is 311 g/mol. The van der Waals surface area contributed by atoms with Gasteiger partial charge in [-0.25, -0.2) is 4.79 Å². The predicted molar refractivity (Wildman–Crippen MR) is 73.5 cm³/mol. The molecule has 3 N–H and O–H groups in total. The smallest absolute Gasteiger partial charge is 0.328 e. The van der Waals surface area contributed by atoms with Crippen LogP contribution in [-0.4, -0.2) is 40.7 Å². The van der Waals surface area contributed by atoms with Crippen LogP contribution in [0.4, 0.5) is 0 Å². The zero-order chi connectivity index (χ0) is 16.7. The summed E-state index contributed by atoms with van der Waals surface area (Å²) in [6.45, 7) is 2.65. The van der Waals surface area contributed by atoms with Gasteiger partial charge in [0.05, 0.1) is 12.5 Å². The van der Waals surface area contributed by atoms with Gasteiger partial charge in [-0.3, -0.25) is 9.59 Å². The number of nitrogens with zero attached hydrogens (tertiary/aromatic N) is 1. The number of rotatable bonds is 7. The number of aromatic nitrogens is 1. The van der Waals surface area contributed by atoms with Crippen molar-refractivity contribution in [2.45, 2.75) is 26.6 Å². The molecule has 1 atom stereocenters. The molecule has 0 aromatic carbocycles. The Hall–Kier alpha value is -2.48. The zero-order valence-corrected chi connectivity index (χ0v) is 12.4. The molecule has 1 amide bonds. The van der Waals surface area contributed by atoms with Crippen molar-refractivity contribution >= 4 is 17.8 Å². The number of nitrogens with one attached hydrogen (secondary N) is 1. The molecule has 1 heterocycles. The van der Waals surface area contributed by atoms with E-state index >= 15 is 0 Å². The van der Waals surface area contributed by atoms with Gasteiger partial charge in [-0.2, -0.15) is 4.57 Å². The number of amides is 1. The number of carboxylic acid groups (broad SMARTS) is 1. The number of carbonyl (C=O) groups excluding carboxylic acids is 2. The van der Waals surface area contributed by atoms with Crippen LogP contribution in [0.5, 0.6) is 0 Å². The molecular weight excluding hydrogens is 292 g/mol. The van der Waals surface area contributed by atoms with E-state index < -0.39 is 24.5 Å². The molecule has 0 bridgehead atoms. The lowest BCUT2D eigenvalue weighted by atomic mass is 10.2. The van der Waals surface area contributed by atoms with Gasteiger partial charge in [0.1, 0.15) is 5.56 Å². The summed E-state index contributed by atoms with van der Waals surface area (Å²) in [5, 5.41) is 19.9. The Morgan fingerprint density at radius 2 is 2.05 bits per heavy atom. The van der Waals surface area contributed by atoms with E-state index in [-0.39, 0.29) is 24.2 Å². The molecule has 0 saturated heterocycles. The van der Waals surface area contributed by atoms with Gasteiger partial charge in [0.25, 0.3) is 12.6 Å². The van der Waals surface area contributed by atoms with E-state index in [0.29, 0.717) is 0 Å². The molecule has 1 rings (SSSR count). The second-order valence-corrected chi connectivity index (χ2v) is 4.90. The molecule has 0 aliphatic rings. The van der Waals surface area contributed by atoms with Crippen molar-refractivity contribution in [3.63, 3.8) is 0 Å². The second-order valence-electron chi connectivity index (χ2n) is 4.90. The lowest BCUT2D eigenvalue weighted by molar-refractivity contribution is -0.727. The van der Waals surface area contributed by atoms with Crippen LogP contribution in [0.1, 0.15) is 24.2 Å². The maximum absolute atomic E-state index is 11.9. The number of carboxylic acids is 1. The number of aliphatic hydroxyl groups excluding tert-OH is 1. The molecule has 1 unspecified atom stereocenters. The molecular formula is C14H19N2O6+. The van der Waals surface area contributed by atoms with Gasteiger partial charge in [-0.15, -0.1) is 0 Å². The average molecular weight is 311 g/mol. The molecule has 0 spiro atoms. The van der Waals surface area contributed by atoms with Crippen molar-refractivity contribution < 1.29 is 33.9 Å². The number of pyridine rings is 1. The number of hydrogen-bond donors (Lipinski definition) is 3. The zero-order valence-electron chi connectivity index (χ0n) is 12.4. The van der Waals surface area contributed by atoms with E-state index in [2.05, 4.69) is 5.32 Å². The van der Waals surface area contributed by atoms with Gasteiger partial charge in [-0.1, -0.05) is 13.8 Å². The van der Waals surface area contributed by atoms with Gasteiger partial charge in [-0.05, 0) is 6.07 Å². The Kier molecular flexibility index (Phi) is 6.46. The Morgan fingerprint density at radius 3 is 2.59 bits per heavy atom. The van der Waals surface area contributed by atoms with Crippen LogP contribution in [0.15, 0.2) is 24.5 Å². The fraction of sp³-hybridized carbons (Fsp3) is 0.429. The molecule has 1 aromatic rings. The maximum atomic E-state index is 11.9. The predicted octanol–water partition coefficient (Wildman–Crippen LogP) is -0.694. The summed E-state index contributed by atoms with van der Waals surface area (Å²) in [5.41, 5.74) is 0.183. The molecule has 0 saturated carbocycles. The summed E-state index contributed by atoms with van der Waals surface area (Å²) in [6.07, 6.45) is 3.02. The minimum Gasteiger partial charge on any atom is -0.480 e. The minimum absolute atomic E-state index is 0.0551. The van der Waals surface area contributed by atoms with E-state index in [1.165, 1.54) is 16.8 Å². The van der Waals surface area contributed by atoms with Crippen LogP contribution in [0.25, 0.3) is 0 Å². The molecule has 8 nitrogen and oxygen atoms in total. The molecule has 1 aromatic heterocycles. The molecule has 8 heteroatoms. The number of ether oxygens (including phenoxy) is 1. The molecule has 0 aliphatic carbocycles. The van der Waals surface area contributed by atoms with Crippen LogP contribution in [0.2, 0.25) is 0 Å². The van der Waals surface area contributed by atoms with E-state index in [0.717, 1.165) is 0 Å². The van der Waals surface area contributed by atoms with Gasteiger partial charge < -0.3 is 20.3 Å². The lowest BCUT2D eigenvalue weighted by Gasteiger charge is -2.11. The highest BCUT2D eigenvalue weighted by molar-refractivity contribution is 5.96. The maximum Gasteiger partial charge on any atom is 0.328 e. The topological polar surface area (TPSA) is 117 Å². The number of esters is 1. The van der Waals surface area contributed by atoms with Crippen LogP contribution in [-0.2, 0) is 21.1 Å². The molecule has 0 aliphatic heterocycles. The van der Waals surface area contributed by atoms with Crippen molar-refractivity contribution in [1.82, 2.24) is 5.32 Å². The van der Waals surface area contributed by atoms with E-state index in [9.17, 15) is 14.4 Å². The Bertz CT molecular complexity index is 558. The normalized spacial score (nSPS) is 11.8. The van der Waals surface area contributed by atoms with E-state index in [4.69, 9.17) is 14.9 Å². The Balaban J connectivity index is 2.72. The van der Waals surface area contributed by atoms with Crippen molar-refractivity contribution in [2.24, 2.45) is 5.92 Å². The first-order valence-electron chi connectivity index (χ1n) is 6.65. The Morgan fingerprint density at radius 1 is 1.36 bits per heavy atom. The first-order chi connectivity index (χ1) is 10.3. The van der Waals surface area contributed by atoms with Gasteiger partial charge >= 0.3 is 11.9 Å². The van der Waals surface area contributed by atoms with Crippen molar-refractivity contribution in [3.8, 4) is 0 Å². The highest BCUT2D eigenvalue weighted by Crippen LogP contribution is 1.98. The summed E-state index contributed by atoms with van der Waals surface area (Å²) >= 11 is 0. The molecule has 0 radical (unpaired) electrons. The largest absolute Gasteiger partial charge is 0.480 e.